The molecule has 0 amide bonds. The smallest absolute Gasteiger partial charge is 0.224 e. The van der Waals surface area contributed by atoms with E-state index in [4.69, 9.17) is 5.26 Å². The summed E-state index contributed by atoms with van der Waals surface area (Å²) in [5, 5.41) is 12.6. The lowest BCUT2D eigenvalue weighted by molar-refractivity contribution is -0.0975. The zero-order chi connectivity index (χ0) is 14.7. The van der Waals surface area contributed by atoms with Gasteiger partial charge in [0.1, 0.15) is 11.8 Å². The second kappa shape index (κ2) is 3.97. The molecule has 1 aromatic rings. The number of nitrogens with zero attached hydrogens (tertiary/aromatic N) is 3. The first kappa shape index (κ1) is 13.1. The second-order valence-electron chi connectivity index (χ2n) is 8.41. The van der Waals surface area contributed by atoms with Crippen molar-refractivity contribution < 1.29 is 0 Å². The van der Waals surface area contributed by atoms with Gasteiger partial charge >= 0.3 is 0 Å². The summed E-state index contributed by atoms with van der Waals surface area (Å²) in [5.74, 6) is 1.46. The van der Waals surface area contributed by atoms with Crippen LogP contribution in [0.3, 0.4) is 0 Å². The van der Waals surface area contributed by atoms with E-state index in [2.05, 4.69) is 35.2 Å². The summed E-state index contributed by atoms with van der Waals surface area (Å²) in [6.07, 6.45) is 9.46. The number of rotatable bonds is 2. The van der Waals surface area contributed by atoms with Gasteiger partial charge in [0.05, 0.1) is 0 Å². The minimum Gasteiger partial charge on any atom is -0.349 e. The highest BCUT2D eigenvalue weighted by Crippen LogP contribution is 2.66. The molecular formula is C17H22N4. The quantitative estimate of drug-likeness (QED) is 0.901. The summed E-state index contributed by atoms with van der Waals surface area (Å²) >= 11 is 0. The van der Waals surface area contributed by atoms with E-state index in [-0.39, 0.29) is 5.54 Å². The van der Waals surface area contributed by atoms with E-state index >= 15 is 0 Å². The predicted octanol–water partition coefficient (Wildman–Crippen LogP) is 3.51. The number of nitrogens with one attached hydrogen (secondary N) is 1. The molecule has 4 nitrogen and oxygen atoms in total. The fourth-order valence-electron chi connectivity index (χ4n) is 6.31. The number of hydrogen-bond acceptors (Lipinski definition) is 4. The van der Waals surface area contributed by atoms with Crippen LogP contribution < -0.4 is 5.32 Å². The van der Waals surface area contributed by atoms with Gasteiger partial charge in [0.15, 0.2) is 0 Å². The largest absolute Gasteiger partial charge is 0.349 e. The van der Waals surface area contributed by atoms with Crippen molar-refractivity contribution in [3.8, 4) is 6.07 Å². The number of nitriles is 1. The standard InChI is InChI=1S/C17H22N4/c1-15-5-12-6-16(2,9-15)11-17(7-12,10-15)21-14-19-4-3-13(8-18)20-14/h3-4,12H,5-7,9-11H2,1-2H3,(H,19,20,21). The first-order valence-electron chi connectivity index (χ1n) is 7.93. The van der Waals surface area contributed by atoms with E-state index < -0.39 is 0 Å². The Labute approximate surface area is 126 Å². The molecule has 1 aromatic heterocycles. The Morgan fingerprint density at radius 1 is 1.19 bits per heavy atom. The Morgan fingerprint density at radius 3 is 2.52 bits per heavy atom. The molecule has 1 heterocycles. The molecule has 4 heteroatoms. The van der Waals surface area contributed by atoms with Gasteiger partial charge < -0.3 is 5.32 Å². The lowest BCUT2D eigenvalue weighted by Crippen LogP contribution is -2.61. The van der Waals surface area contributed by atoms with Gasteiger partial charge in [0.2, 0.25) is 5.95 Å². The Bertz CT molecular complexity index is 614. The Hall–Kier alpha value is -1.63. The highest BCUT2D eigenvalue weighted by Gasteiger charge is 2.60. The van der Waals surface area contributed by atoms with Gasteiger partial charge in [-0.25, -0.2) is 9.97 Å². The van der Waals surface area contributed by atoms with E-state index in [9.17, 15) is 0 Å². The van der Waals surface area contributed by atoms with Crippen molar-refractivity contribution in [2.75, 3.05) is 5.32 Å². The van der Waals surface area contributed by atoms with Crippen LogP contribution in [0, 0.1) is 28.1 Å². The molecule has 1 N–H and O–H groups in total. The maximum absolute atomic E-state index is 9.01. The Kier molecular flexibility index (Phi) is 2.47. The van der Waals surface area contributed by atoms with Crippen molar-refractivity contribution >= 4 is 5.95 Å². The molecular weight excluding hydrogens is 260 g/mol. The maximum Gasteiger partial charge on any atom is 0.224 e. The molecule has 4 fully saturated rings. The zero-order valence-corrected chi connectivity index (χ0v) is 12.8. The monoisotopic (exact) mass is 282 g/mol. The van der Waals surface area contributed by atoms with Crippen LogP contribution >= 0.6 is 0 Å². The second-order valence-corrected chi connectivity index (χ2v) is 8.41. The first-order valence-corrected chi connectivity index (χ1v) is 7.93. The lowest BCUT2D eigenvalue weighted by Gasteiger charge is -2.65. The van der Waals surface area contributed by atoms with Crippen LogP contribution in [0.2, 0.25) is 0 Å². The van der Waals surface area contributed by atoms with Gasteiger partial charge in [0, 0.05) is 11.7 Å². The molecule has 4 aliphatic carbocycles. The van der Waals surface area contributed by atoms with Gasteiger partial charge in [-0.1, -0.05) is 13.8 Å². The highest BCUT2D eigenvalue weighted by molar-refractivity contribution is 5.36. The normalized spacial score (nSPS) is 43.6. The summed E-state index contributed by atoms with van der Waals surface area (Å²) in [4.78, 5) is 8.66. The molecule has 4 aliphatic rings. The van der Waals surface area contributed by atoms with Gasteiger partial charge in [-0.15, -0.1) is 0 Å². The average Bonchev–Trinajstić information content (AvgIpc) is 2.33. The summed E-state index contributed by atoms with van der Waals surface area (Å²) in [7, 11) is 0. The summed E-state index contributed by atoms with van der Waals surface area (Å²) in [6, 6.07) is 3.76. The van der Waals surface area contributed by atoms with E-state index in [0.29, 0.717) is 22.5 Å². The average molecular weight is 282 g/mol. The van der Waals surface area contributed by atoms with Crippen LogP contribution in [0.5, 0.6) is 0 Å². The lowest BCUT2D eigenvalue weighted by atomic mass is 9.43. The third-order valence-corrected chi connectivity index (χ3v) is 5.77. The third kappa shape index (κ3) is 2.10. The van der Waals surface area contributed by atoms with E-state index in [1.807, 2.05) is 0 Å². The fraction of sp³-hybridized carbons (Fsp3) is 0.706. The van der Waals surface area contributed by atoms with Crippen molar-refractivity contribution in [1.82, 2.24) is 9.97 Å². The van der Waals surface area contributed by atoms with Gasteiger partial charge in [0.25, 0.3) is 0 Å². The number of aromatic nitrogens is 2. The molecule has 0 aliphatic heterocycles. The molecule has 2 unspecified atom stereocenters. The van der Waals surface area contributed by atoms with Crippen LogP contribution in [0.4, 0.5) is 5.95 Å². The molecule has 21 heavy (non-hydrogen) atoms. The molecule has 5 rings (SSSR count). The zero-order valence-electron chi connectivity index (χ0n) is 12.8. The predicted molar refractivity (Wildman–Crippen MR) is 80.5 cm³/mol. The topological polar surface area (TPSA) is 61.6 Å². The third-order valence-electron chi connectivity index (χ3n) is 5.77. The molecule has 0 radical (unpaired) electrons. The summed E-state index contributed by atoms with van der Waals surface area (Å²) in [5.41, 5.74) is 1.51. The molecule has 110 valence electrons. The van der Waals surface area contributed by atoms with Crippen LogP contribution in [0.25, 0.3) is 0 Å². The van der Waals surface area contributed by atoms with Crippen LogP contribution in [0.1, 0.15) is 58.1 Å². The van der Waals surface area contributed by atoms with Crippen molar-refractivity contribution in [3.05, 3.63) is 18.0 Å². The van der Waals surface area contributed by atoms with Crippen molar-refractivity contribution in [2.24, 2.45) is 16.7 Å². The van der Waals surface area contributed by atoms with Gasteiger partial charge in [-0.05, 0) is 61.3 Å². The van der Waals surface area contributed by atoms with Crippen LogP contribution in [0.15, 0.2) is 12.3 Å². The highest BCUT2D eigenvalue weighted by atomic mass is 15.2. The molecule has 2 atom stereocenters. The minimum absolute atomic E-state index is 0.136. The van der Waals surface area contributed by atoms with Crippen molar-refractivity contribution in [1.29, 1.82) is 5.26 Å². The van der Waals surface area contributed by atoms with Crippen LogP contribution in [-0.4, -0.2) is 15.5 Å². The number of hydrogen-bond donors (Lipinski definition) is 1. The van der Waals surface area contributed by atoms with E-state index in [1.54, 1.807) is 12.3 Å². The molecule has 4 saturated carbocycles. The SMILES string of the molecule is CC12CC3CC(C)(C1)CC(Nc1nccc(C#N)n1)(C3)C2. The minimum atomic E-state index is 0.136. The first-order chi connectivity index (χ1) is 9.92. The van der Waals surface area contributed by atoms with E-state index in [0.717, 1.165) is 5.92 Å². The maximum atomic E-state index is 9.01. The van der Waals surface area contributed by atoms with Crippen LogP contribution in [-0.2, 0) is 0 Å². The van der Waals surface area contributed by atoms with Crippen molar-refractivity contribution in [3.63, 3.8) is 0 Å². The summed E-state index contributed by atoms with van der Waals surface area (Å²) in [6.45, 7) is 4.91. The van der Waals surface area contributed by atoms with Crippen molar-refractivity contribution in [2.45, 2.75) is 57.9 Å². The Balaban J connectivity index is 1.66. The molecule has 0 aromatic carbocycles. The fourth-order valence-corrected chi connectivity index (χ4v) is 6.31. The Morgan fingerprint density at radius 2 is 1.90 bits per heavy atom. The number of anilines is 1. The molecule has 0 spiro atoms. The molecule has 0 saturated heterocycles. The van der Waals surface area contributed by atoms with E-state index in [1.165, 1.54) is 38.5 Å². The summed E-state index contributed by atoms with van der Waals surface area (Å²) < 4.78 is 0. The van der Waals surface area contributed by atoms with Gasteiger partial charge in [-0.2, -0.15) is 5.26 Å². The van der Waals surface area contributed by atoms with Gasteiger partial charge in [-0.3, -0.25) is 0 Å². The molecule has 4 bridgehead atoms.